The van der Waals surface area contributed by atoms with Gasteiger partial charge in [0.05, 0.1) is 23.7 Å². The first-order valence-corrected chi connectivity index (χ1v) is 11.9. The number of fused-ring (bicyclic) bond motifs is 1. The van der Waals surface area contributed by atoms with Crippen LogP contribution >= 0.6 is 0 Å². The van der Waals surface area contributed by atoms with Gasteiger partial charge < -0.3 is 0 Å². The highest BCUT2D eigenvalue weighted by Gasteiger charge is 2.32. The molecule has 0 atom stereocenters. The van der Waals surface area contributed by atoms with Gasteiger partial charge in [0, 0.05) is 24.7 Å². The number of benzene rings is 1. The lowest BCUT2D eigenvalue weighted by Crippen LogP contribution is -2.37. The summed E-state index contributed by atoms with van der Waals surface area (Å²) in [6.45, 7) is 8.36. The van der Waals surface area contributed by atoms with Crippen molar-refractivity contribution in [2.24, 2.45) is 0 Å². The standard InChI is InChI=1S/C21H30N4O2S/c1-17(2)25-21-15-24(28(26,27)16-18-8-4-3-5-9-18)13-10-19(21)20(22-25)14-23-11-6-7-12-23/h3-5,8-9,17H,6-7,10-16H2,1-2H3. The number of hydrogen-bond acceptors (Lipinski definition) is 4. The number of aromatic nitrogens is 2. The van der Waals surface area contributed by atoms with Crippen LogP contribution in [0.2, 0.25) is 0 Å². The molecule has 1 fully saturated rings. The second kappa shape index (κ2) is 7.97. The molecule has 1 aromatic heterocycles. The summed E-state index contributed by atoms with van der Waals surface area (Å²) in [4.78, 5) is 2.46. The summed E-state index contributed by atoms with van der Waals surface area (Å²) in [7, 11) is -3.35. The van der Waals surface area contributed by atoms with E-state index in [1.165, 1.54) is 18.4 Å². The van der Waals surface area contributed by atoms with E-state index in [4.69, 9.17) is 5.10 Å². The van der Waals surface area contributed by atoms with Gasteiger partial charge in [-0.05, 0) is 51.8 Å². The molecule has 2 aliphatic heterocycles. The van der Waals surface area contributed by atoms with E-state index in [-0.39, 0.29) is 11.8 Å². The number of sulfonamides is 1. The molecule has 7 heteroatoms. The summed E-state index contributed by atoms with van der Waals surface area (Å²) in [5.74, 6) is 0.0552. The van der Waals surface area contributed by atoms with Crippen molar-refractivity contribution in [1.29, 1.82) is 0 Å². The van der Waals surface area contributed by atoms with Crippen LogP contribution in [0.3, 0.4) is 0 Å². The van der Waals surface area contributed by atoms with Gasteiger partial charge in [0.2, 0.25) is 10.0 Å². The minimum Gasteiger partial charge on any atom is -0.297 e. The molecule has 6 nitrogen and oxygen atoms in total. The van der Waals surface area contributed by atoms with Crippen molar-refractivity contribution in [3.63, 3.8) is 0 Å². The molecule has 2 aliphatic rings. The Hall–Kier alpha value is -1.70. The van der Waals surface area contributed by atoms with E-state index < -0.39 is 10.0 Å². The average Bonchev–Trinajstić information content (AvgIpc) is 3.30. The smallest absolute Gasteiger partial charge is 0.218 e. The molecule has 3 heterocycles. The summed E-state index contributed by atoms with van der Waals surface area (Å²) >= 11 is 0. The summed E-state index contributed by atoms with van der Waals surface area (Å²) < 4.78 is 29.7. The fourth-order valence-corrected chi connectivity index (χ4v) is 5.80. The molecule has 0 amide bonds. The van der Waals surface area contributed by atoms with Crippen LogP contribution in [0.4, 0.5) is 0 Å². The van der Waals surface area contributed by atoms with Gasteiger partial charge in [0.15, 0.2) is 0 Å². The first-order valence-electron chi connectivity index (χ1n) is 10.3. The molecule has 0 unspecified atom stereocenters. The minimum absolute atomic E-state index is 0.0552. The normalized spacial score (nSPS) is 18.7. The number of likely N-dealkylation sites (tertiary alicyclic amines) is 1. The zero-order valence-electron chi connectivity index (χ0n) is 16.8. The Morgan fingerprint density at radius 2 is 1.79 bits per heavy atom. The number of nitrogens with zero attached hydrogens (tertiary/aromatic N) is 4. The van der Waals surface area contributed by atoms with Crippen LogP contribution in [0.15, 0.2) is 30.3 Å². The van der Waals surface area contributed by atoms with Crippen molar-refractivity contribution in [3.05, 3.63) is 52.8 Å². The van der Waals surface area contributed by atoms with Gasteiger partial charge >= 0.3 is 0 Å². The maximum atomic E-state index is 13.0. The minimum atomic E-state index is -3.35. The molecule has 0 radical (unpaired) electrons. The summed E-state index contributed by atoms with van der Waals surface area (Å²) in [5, 5.41) is 4.91. The zero-order chi connectivity index (χ0) is 19.7. The van der Waals surface area contributed by atoms with E-state index in [9.17, 15) is 8.42 Å². The molecule has 1 saturated heterocycles. The molecule has 0 spiro atoms. The third-order valence-electron chi connectivity index (χ3n) is 5.79. The van der Waals surface area contributed by atoms with E-state index in [1.807, 2.05) is 35.0 Å². The lowest BCUT2D eigenvalue weighted by Gasteiger charge is -2.28. The quantitative estimate of drug-likeness (QED) is 0.745. The lowest BCUT2D eigenvalue weighted by molar-refractivity contribution is 0.323. The molecule has 0 saturated carbocycles. The largest absolute Gasteiger partial charge is 0.297 e. The van der Waals surface area contributed by atoms with Gasteiger partial charge in [-0.3, -0.25) is 9.58 Å². The Bertz CT molecular complexity index is 915. The van der Waals surface area contributed by atoms with Crippen LogP contribution in [0.5, 0.6) is 0 Å². The zero-order valence-corrected chi connectivity index (χ0v) is 17.7. The fourth-order valence-electron chi connectivity index (χ4n) is 4.31. The molecule has 0 aliphatic carbocycles. The van der Waals surface area contributed by atoms with E-state index in [2.05, 4.69) is 18.7 Å². The molecule has 4 rings (SSSR count). The van der Waals surface area contributed by atoms with Crippen molar-refractivity contribution in [3.8, 4) is 0 Å². The summed E-state index contributed by atoms with van der Waals surface area (Å²) in [5.41, 5.74) is 4.32. The third-order valence-corrected chi connectivity index (χ3v) is 7.58. The predicted octanol–water partition coefficient (Wildman–Crippen LogP) is 2.95. The van der Waals surface area contributed by atoms with Gasteiger partial charge in [-0.25, -0.2) is 8.42 Å². The third kappa shape index (κ3) is 4.02. The van der Waals surface area contributed by atoms with Crippen LogP contribution in [-0.2, 0) is 35.3 Å². The number of rotatable bonds is 6. The van der Waals surface area contributed by atoms with Crippen LogP contribution < -0.4 is 0 Å². The Balaban J connectivity index is 1.57. The number of hydrogen-bond donors (Lipinski definition) is 0. The van der Waals surface area contributed by atoms with Crippen molar-refractivity contribution in [1.82, 2.24) is 19.0 Å². The van der Waals surface area contributed by atoms with Gasteiger partial charge in [0.25, 0.3) is 0 Å². The molecular formula is C21H30N4O2S. The second-order valence-electron chi connectivity index (χ2n) is 8.22. The van der Waals surface area contributed by atoms with Crippen molar-refractivity contribution < 1.29 is 8.42 Å². The van der Waals surface area contributed by atoms with E-state index >= 15 is 0 Å². The first-order chi connectivity index (χ1) is 13.4. The Labute approximate surface area is 168 Å². The summed E-state index contributed by atoms with van der Waals surface area (Å²) in [6, 6.07) is 9.65. The molecule has 2 aromatic rings. The fraction of sp³-hybridized carbons (Fsp3) is 0.571. The van der Waals surface area contributed by atoms with Crippen LogP contribution in [0, 0.1) is 0 Å². The highest BCUT2D eigenvalue weighted by molar-refractivity contribution is 7.88. The van der Waals surface area contributed by atoms with E-state index in [0.29, 0.717) is 13.1 Å². The molecule has 1 aromatic carbocycles. The molecule has 0 N–H and O–H groups in total. The average molecular weight is 403 g/mol. The molecule has 152 valence electrons. The monoisotopic (exact) mass is 402 g/mol. The van der Waals surface area contributed by atoms with Crippen LogP contribution in [0.25, 0.3) is 0 Å². The molecule has 0 bridgehead atoms. The second-order valence-corrected chi connectivity index (χ2v) is 10.2. The van der Waals surface area contributed by atoms with Gasteiger partial charge in [-0.2, -0.15) is 9.40 Å². The topological polar surface area (TPSA) is 58.4 Å². The van der Waals surface area contributed by atoms with Crippen LogP contribution in [-0.4, -0.2) is 47.0 Å². The molecule has 28 heavy (non-hydrogen) atoms. The summed E-state index contributed by atoms with van der Waals surface area (Å²) in [6.07, 6.45) is 3.27. The maximum absolute atomic E-state index is 13.0. The highest BCUT2D eigenvalue weighted by atomic mass is 32.2. The maximum Gasteiger partial charge on any atom is 0.218 e. The van der Waals surface area contributed by atoms with Gasteiger partial charge in [-0.1, -0.05) is 30.3 Å². The van der Waals surface area contributed by atoms with Crippen molar-refractivity contribution in [2.75, 3.05) is 19.6 Å². The van der Waals surface area contributed by atoms with E-state index in [1.54, 1.807) is 4.31 Å². The lowest BCUT2D eigenvalue weighted by atomic mass is 10.1. The van der Waals surface area contributed by atoms with Crippen LogP contribution in [0.1, 0.15) is 55.2 Å². The van der Waals surface area contributed by atoms with E-state index in [0.717, 1.165) is 43.0 Å². The van der Waals surface area contributed by atoms with Crippen molar-refractivity contribution >= 4 is 10.0 Å². The SMILES string of the molecule is CC(C)n1nc(CN2CCCC2)c2c1CN(S(=O)(=O)Cc1ccccc1)CC2. The molecular weight excluding hydrogens is 372 g/mol. The Morgan fingerprint density at radius 1 is 1.07 bits per heavy atom. The van der Waals surface area contributed by atoms with Crippen molar-refractivity contribution in [2.45, 2.75) is 58.0 Å². The van der Waals surface area contributed by atoms with Gasteiger partial charge in [0.1, 0.15) is 0 Å². The Kier molecular flexibility index (Phi) is 5.58. The van der Waals surface area contributed by atoms with Gasteiger partial charge in [-0.15, -0.1) is 0 Å². The first kappa shape index (κ1) is 19.6. The predicted molar refractivity (Wildman–Crippen MR) is 110 cm³/mol. The highest BCUT2D eigenvalue weighted by Crippen LogP contribution is 2.29. The Morgan fingerprint density at radius 3 is 2.46 bits per heavy atom.